The van der Waals surface area contributed by atoms with Crippen molar-refractivity contribution in [2.24, 2.45) is 4.99 Å². The summed E-state index contributed by atoms with van der Waals surface area (Å²) < 4.78 is 5.34. The van der Waals surface area contributed by atoms with Gasteiger partial charge in [-0.25, -0.2) is 0 Å². The first kappa shape index (κ1) is 20.3. The second-order valence-corrected chi connectivity index (χ2v) is 5.92. The Morgan fingerprint density at radius 1 is 1.35 bits per heavy atom. The van der Waals surface area contributed by atoms with E-state index in [2.05, 4.69) is 40.6 Å². The highest BCUT2D eigenvalue weighted by Gasteiger charge is 2.09. The molecule has 0 bridgehead atoms. The van der Waals surface area contributed by atoms with Crippen LogP contribution in [0.25, 0.3) is 0 Å². The highest BCUT2D eigenvalue weighted by atomic mass is 127. The van der Waals surface area contributed by atoms with Crippen LogP contribution in [-0.2, 0) is 4.74 Å². The van der Waals surface area contributed by atoms with E-state index in [-0.39, 0.29) is 24.0 Å². The summed E-state index contributed by atoms with van der Waals surface area (Å²) in [5.74, 6) is 0.927. The maximum Gasteiger partial charge on any atom is 0.191 e. The normalized spacial score (nSPS) is 18.2. The number of hydrogen-bond donors (Lipinski definition) is 2. The molecule has 0 aromatic carbocycles. The molecule has 0 amide bonds. The van der Waals surface area contributed by atoms with Crippen LogP contribution in [0.1, 0.15) is 13.8 Å². The number of nitrogens with one attached hydrogen (secondary N) is 2. The molecule has 1 heterocycles. The quantitative estimate of drug-likeness (QED) is 0.372. The second-order valence-electron chi connectivity index (χ2n) is 4.65. The zero-order valence-electron chi connectivity index (χ0n) is 12.9. The van der Waals surface area contributed by atoms with Crippen LogP contribution in [0.5, 0.6) is 0 Å². The molecular weight excluding hydrogens is 387 g/mol. The van der Waals surface area contributed by atoms with E-state index in [1.54, 1.807) is 0 Å². The first-order valence-corrected chi connectivity index (χ1v) is 8.40. The van der Waals surface area contributed by atoms with Crippen LogP contribution in [0.3, 0.4) is 0 Å². The van der Waals surface area contributed by atoms with Crippen molar-refractivity contribution in [2.45, 2.75) is 19.1 Å². The number of nitrogens with zero attached hydrogens (tertiary/aromatic N) is 2. The molecule has 0 aromatic rings. The lowest BCUT2D eigenvalue weighted by Crippen LogP contribution is -2.44. The number of halogens is 1. The lowest BCUT2D eigenvalue weighted by atomic mass is 10.4. The lowest BCUT2D eigenvalue weighted by molar-refractivity contribution is 0.0389. The van der Waals surface area contributed by atoms with Crippen molar-refractivity contribution in [3.05, 3.63) is 0 Å². The first-order valence-electron chi connectivity index (χ1n) is 7.11. The SMILES string of the molecule is CCNC(=NCC(C)SC)NCCN1CCOCC1.I. The molecular formula is C13H29IN4OS. The fourth-order valence-corrected chi connectivity index (χ4v) is 2.02. The summed E-state index contributed by atoms with van der Waals surface area (Å²) in [5.41, 5.74) is 0. The van der Waals surface area contributed by atoms with Gasteiger partial charge in [0, 0.05) is 38.0 Å². The molecule has 120 valence electrons. The molecule has 1 fully saturated rings. The Morgan fingerprint density at radius 2 is 2.05 bits per heavy atom. The molecule has 0 aromatic heterocycles. The van der Waals surface area contributed by atoms with E-state index in [0.29, 0.717) is 5.25 Å². The Hall–Kier alpha value is 0.270. The van der Waals surface area contributed by atoms with Crippen molar-refractivity contribution in [1.82, 2.24) is 15.5 Å². The van der Waals surface area contributed by atoms with E-state index >= 15 is 0 Å². The minimum atomic E-state index is 0. The maximum absolute atomic E-state index is 5.34. The second kappa shape index (κ2) is 13.0. The van der Waals surface area contributed by atoms with Crippen molar-refractivity contribution in [3.8, 4) is 0 Å². The maximum atomic E-state index is 5.34. The molecule has 2 N–H and O–H groups in total. The summed E-state index contributed by atoms with van der Waals surface area (Å²) >= 11 is 1.85. The smallest absolute Gasteiger partial charge is 0.191 e. The van der Waals surface area contributed by atoms with Gasteiger partial charge in [0.1, 0.15) is 0 Å². The third kappa shape index (κ3) is 9.25. The van der Waals surface area contributed by atoms with E-state index in [1.165, 1.54) is 0 Å². The van der Waals surface area contributed by atoms with Gasteiger partial charge in [-0.3, -0.25) is 9.89 Å². The van der Waals surface area contributed by atoms with Crippen LogP contribution >= 0.6 is 35.7 Å². The van der Waals surface area contributed by atoms with Gasteiger partial charge >= 0.3 is 0 Å². The molecule has 0 aliphatic carbocycles. The van der Waals surface area contributed by atoms with Crippen LogP contribution in [0.15, 0.2) is 4.99 Å². The first-order chi connectivity index (χ1) is 9.26. The van der Waals surface area contributed by atoms with Gasteiger partial charge in [-0.1, -0.05) is 6.92 Å². The van der Waals surface area contributed by atoms with Gasteiger partial charge in [0.05, 0.1) is 19.8 Å². The molecule has 0 spiro atoms. The van der Waals surface area contributed by atoms with E-state index in [1.807, 2.05) is 11.8 Å². The predicted molar refractivity (Wildman–Crippen MR) is 99.6 cm³/mol. The number of aliphatic imine (C=N–C) groups is 1. The zero-order chi connectivity index (χ0) is 13.9. The van der Waals surface area contributed by atoms with Gasteiger partial charge < -0.3 is 15.4 Å². The molecule has 20 heavy (non-hydrogen) atoms. The van der Waals surface area contributed by atoms with Crippen molar-refractivity contribution < 1.29 is 4.74 Å². The van der Waals surface area contributed by atoms with Crippen molar-refractivity contribution >= 4 is 41.7 Å². The molecule has 1 unspecified atom stereocenters. The van der Waals surface area contributed by atoms with Crippen LogP contribution < -0.4 is 10.6 Å². The third-order valence-corrected chi connectivity index (χ3v) is 4.03. The molecule has 5 nitrogen and oxygen atoms in total. The third-order valence-electron chi connectivity index (χ3n) is 3.08. The van der Waals surface area contributed by atoms with Gasteiger partial charge in [-0.2, -0.15) is 11.8 Å². The van der Waals surface area contributed by atoms with Gasteiger partial charge in [0.25, 0.3) is 0 Å². The predicted octanol–water partition coefficient (Wildman–Crippen LogP) is 1.24. The minimum Gasteiger partial charge on any atom is -0.379 e. The van der Waals surface area contributed by atoms with Crippen LogP contribution in [-0.4, -0.2) is 74.8 Å². The topological polar surface area (TPSA) is 48.9 Å². The fourth-order valence-electron chi connectivity index (χ4n) is 1.79. The van der Waals surface area contributed by atoms with Crippen molar-refractivity contribution in [1.29, 1.82) is 0 Å². The Balaban J connectivity index is 0.00000361. The number of hydrogen-bond acceptors (Lipinski definition) is 4. The molecule has 0 saturated carbocycles. The lowest BCUT2D eigenvalue weighted by Gasteiger charge is -2.26. The Labute approximate surface area is 144 Å². The standard InChI is InChI=1S/C13H28N4OS.HI/c1-4-14-13(16-11-12(2)19-3)15-5-6-17-7-9-18-10-8-17;/h12H,4-11H2,1-3H3,(H2,14,15,16);1H. The Kier molecular flexibility index (Phi) is 13.1. The van der Waals surface area contributed by atoms with Gasteiger partial charge in [0.15, 0.2) is 5.96 Å². The number of ether oxygens (including phenoxy) is 1. The number of guanidine groups is 1. The van der Waals surface area contributed by atoms with E-state index in [9.17, 15) is 0 Å². The largest absolute Gasteiger partial charge is 0.379 e. The Bertz CT molecular complexity index is 263. The summed E-state index contributed by atoms with van der Waals surface area (Å²) in [6, 6.07) is 0. The molecule has 1 aliphatic heterocycles. The molecule has 0 radical (unpaired) electrons. The average molecular weight is 416 g/mol. The van der Waals surface area contributed by atoms with E-state index < -0.39 is 0 Å². The number of rotatable bonds is 7. The Morgan fingerprint density at radius 3 is 2.65 bits per heavy atom. The molecule has 1 atom stereocenters. The fraction of sp³-hybridized carbons (Fsp3) is 0.923. The highest BCUT2D eigenvalue weighted by molar-refractivity contribution is 14.0. The average Bonchev–Trinajstić information content (AvgIpc) is 2.45. The molecule has 1 aliphatic rings. The molecule has 1 saturated heterocycles. The van der Waals surface area contributed by atoms with Gasteiger partial charge in [-0.05, 0) is 13.2 Å². The summed E-state index contributed by atoms with van der Waals surface area (Å²) in [6.45, 7) is 11.8. The monoisotopic (exact) mass is 416 g/mol. The van der Waals surface area contributed by atoms with Crippen LogP contribution in [0, 0.1) is 0 Å². The van der Waals surface area contributed by atoms with Gasteiger partial charge in [-0.15, -0.1) is 24.0 Å². The highest BCUT2D eigenvalue weighted by Crippen LogP contribution is 2.04. The molecule has 7 heteroatoms. The van der Waals surface area contributed by atoms with Gasteiger partial charge in [0.2, 0.25) is 0 Å². The minimum absolute atomic E-state index is 0. The van der Waals surface area contributed by atoms with Crippen molar-refractivity contribution in [3.63, 3.8) is 0 Å². The van der Waals surface area contributed by atoms with Crippen LogP contribution in [0.4, 0.5) is 0 Å². The molecule has 1 rings (SSSR count). The summed E-state index contributed by atoms with van der Waals surface area (Å²) in [5, 5.41) is 7.25. The van der Waals surface area contributed by atoms with E-state index in [0.717, 1.165) is 58.4 Å². The summed E-state index contributed by atoms with van der Waals surface area (Å²) in [4.78, 5) is 7.02. The summed E-state index contributed by atoms with van der Waals surface area (Å²) in [6.07, 6.45) is 2.12. The number of morpholine rings is 1. The van der Waals surface area contributed by atoms with Crippen molar-refractivity contribution in [2.75, 3.05) is 58.7 Å². The van der Waals surface area contributed by atoms with Crippen LogP contribution in [0.2, 0.25) is 0 Å². The zero-order valence-corrected chi connectivity index (χ0v) is 16.0. The van der Waals surface area contributed by atoms with E-state index in [4.69, 9.17) is 4.74 Å². The summed E-state index contributed by atoms with van der Waals surface area (Å²) in [7, 11) is 0. The number of thioether (sulfide) groups is 1.